The first-order valence-corrected chi connectivity index (χ1v) is 9.66. The van der Waals surface area contributed by atoms with Gasteiger partial charge in [-0.2, -0.15) is 5.10 Å². The quantitative estimate of drug-likeness (QED) is 0.416. The van der Waals surface area contributed by atoms with Crippen LogP contribution in [0.3, 0.4) is 0 Å². The normalized spacial score (nSPS) is 11.8. The second-order valence-corrected chi connectivity index (χ2v) is 6.52. The number of hydrogen-bond acceptors (Lipinski definition) is 4. The molecule has 0 radical (unpaired) electrons. The van der Waals surface area contributed by atoms with E-state index >= 15 is 0 Å². The molecule has 0 heterocycles. The Bertz CT molecular complexity index is 927. The van der Waals surface area contributed by atoms with Gasteiger partial charge in [0.2, 0.25) is 0 Å². The van der Waals surface area contributed by atoms with Gasteiger partial charge in [0.05, 0.1) is 6.21 Å². The number of nitrogens with one attached hydrogen (secondary N) is 2. The maximum Gasteiger partial charge on any atom is 0.262 e. The molecule has 0 aliphatic carbocycles. The predicted molar refractivity (Wildman–Crippen MR) is 117 cm³/mol. The van der Waals surface area contributed by atoms with Gasteiger partial charge in [-0.25, -0.2) is 5.43 Å². The van der Waals surface area contributed by atoms with Crippen molar-refractivity contribution >= 4 is 17.8 Å². The van der Waals surface area contributed by atoms with Gasteiger partial charge in [0.25, 0.3) is 5.91 Å². The van der Waals surface area contributed by atoms with Crippen LogP contribution in [0.15, 0.2) is 90.0 Å². The average Bonchev–Trinajstić information content (AvgIpc) is 2.78. The summed E-state index contributed by atoms with van der Waals surface area (Å²) >= 11 is 0. The summed E-state index contributed by atoms with van der Waals surface area (Å²) in [6.07, 6.45) is 2.25. The zero-order valence-electron chi connectivity index (χ0n) is 16.4. The first-order valence-electron chi connectivity index (χ1n) is 9.66. The molecule has 0 aromatic heterocycles. The van der Waals surface area contributed by atoms with Crippen molar-refractivity contribution < 1.29 is 9.53 Å². The molecular formula is C24H25N3O2. The molecule has 1 atom stereocenters. The Hall–Kier alpha value is -3.60. The van der Waals surface area contributed by atoms with E-state index in [0.29, 0.717) is 18.8 Å². The van der Waals surface area contributed by atoms with E-state index in [1.165, 1.54) is 0 Å². The van der Waals surface area contributed by atoms with Gasteiger partial charge in [0, 0.05) is 11.3 Å². The van der Waals surface area contributed by atoms with Gasteiger partial charge < -0.3 is 10.1 Å². The van der Waals surface area contributed by atoms with Crippen LogP contribution in [-0.4, -0.2) is 18.2 Å². The molecule has 3 aromatic carbocycles. The van der Waals surface area contributed by atoms with Gasteiger partial charge in [-0.15, -0.1) is 0 Å². The van der Waals surface area contributed by atoms with Crippen LogP contribution in [0.5, 0.6) is 5.75 Å². The minimum Gasteiger partial charge on any atom is -0.488 e. The molecule has 0 aliphatic rings. The minimum atomic E-state index is -0.362. The highest BCUT2D eigenvalue weighted by Crippen LogP contribution is 2.17. The number of nitrogens with zero attached hydrogens (tertiary/aromatic N) is 1. The lowest BCUT2D eigenvalue weighted by Gasteiger charge is -2.16. The van der Waals surface area contributed by atoms with Crippen molar-refractivity contribution in [1.29, 1.82) is 0 Å². The van der Waals surface area contributed by atoms with E-state index in [9.17, 15) is 4.79 Å². The zero-order valence-corrected chi connectivity index (χ0v) is 16.4. The standard InChI is InChI=1S/C24H25N3O2/c1-2-22(26-21-14-7-4-8-15-21)24(28)27-25-17-20-13-9-10-16-23(20)29-18-19-11-5-3-6-12-19/h3-17,22,26H,2,18H2,1H3,(H,27,28)/b25-17-/t22-/m0/s1. The summed E-state index contributed by atoms with van der Waals surface area (Å²) in [4.78, 5) is 12.4. The van der Waals surface area contributed by atoms with Crippen molar-refractivity contribution in [3.8, 4) is 5.75 Å². The SMILES string of the molecule is CC[C@H](Nc1ccccc1)C(=O)N/N=C\c1ccccc1OCc1ccccc1. The summed E-state index contributed by atoms with van der Waals surface area (Å²) < 4.78 is 5.91. The summed E-state index contributed by atoms with van der Waals surface area (Å²) in [7, 11) is 0. The Labute approximate surface area is 171 Å². The number of carbonyl (C=O) groups is 1. The monoisotopic (exact) mass is 387 g/mol. The van der Waals surface area contributed by atoms with E-state index < -0.39 is 0 Å². The molecule has 0 spiro atoms. The Morgan fingerprint density at radius 1 is 0.966 bits per heavy atom. The average molecular weight is 387 g/mol. The summed E-state index contributed by atoms with van der Waals surface area (Å²) in [5.41, 5.74) is 5.40. The number of para-hydroxylation sites is 2. The highest BCUT2D eigenvalue weighted by molar-refractivity contribution is 5.87. The van der Waals surface area contributed by atoms with Crippen molar-refractivity contribution in [2.24, 2.45) is 5.10 Å². The fraction of sp³-hybridized carbons (Fsp3) is 0.167. The third-order valence-electron chi connectivity index (χ3n) is 4.37. The molecule has 3 aromatic rings. The van der Waals surface area contributed by atoms with Gasteiger partial charge in [0.15, 0.2) is 0 Å². The predicted octanol–water partition coefficient (Wildman–Crippen LogP) is 4.61. The highest BCUT2D eigenvalue weighted by atomic mass is 16.5. The van der Waals surface area contributed by atoms with Gasteiger partial charge in [-0.1, -0.05) is 67.6 Å². The molecular weight excluding hydrogens is 362 g/mol. The maximum atomic E-state index is 12.4. The number of rotatable bonds is 9. The van der Waals surface area contributed by atoms with E-state index in [0.717, 1.165) is 16.8 Å². The first kappa shape index (κ1) is 20.1. The summed E-state index contributed by atoms with van der Waals surface area (Å²) in [5, 5.41) is 7.34. The second kappa shape index (κ2) is 10.7. The van der Waals surface area contributed by atoms with Crippen LogP contribution in [0.1, 0.15) is 24.5 Å². The fourth-order valence-corrected chi connectivity index (χ4v) is 2.79. The molecule has 0 saturated heterocycles. The van der Waals surface area contributed by atoms with Crippen LogP contribution in [0.25, 0.3) is 0 Å². The maximum absolute atomic E-state index is 12.4. The molecule has 1 amide bonds. The van der Waals surface area contributed by atoms with E-state index in [1.807, 2.05) is 91.9 Å². The van der Waals surface area contributed by atoms with Crippen molar-refractivity contribution in [3.63, 3.8) is 0 Å². The van der Waals surface area contributed by atoms with Crippen LogP contribution in [0, 0.1) is 0 Å². The third-order valence-corrected chi connectivity index (χ3v) is 4.37. The van der Waals surface area contributed by atoms with Gasteiger partial charge in [-0.05, 0) is 36.2 Å². The molecule has 0 fully saturated rings. The number of ether oxygens (including phenoxy) is 1. The van der Waals surface area contributed by atoms with Crippen LogP contribution in [-0.2, 0) is 11.4 Å². The van der Waals surface area contributed by atoms with Crippen LogP contribution in [0.2, 0.25) is 0 Å². The molecule has 3 rings (SSSR count). The summed E-state index contributed by atoms with van der Waals surface area (Å²) in [5.74, 6) is 0.527. The Morgan fingerprint density at radius 3 is 2.34 bits per heavy atom. The molecule has 0 aliphatic heterocycles. The fourth-order valence-electron chi connectivity index (χ4n) is 2.79. The minimum absolute atomic E-state index is 0.185. The first-order chi connectivity index (χ1) is 14.3. The third kappa shape index (κ3) is 6.21. The largest absolute Gasteiger partial charge is 0.488 e. The van der Waals surface area contributed by atoms with Gasteiger partial charge >= 0.3 is 0 Å². The molecule has 5 nitrogen and oxygen atoms in total. The molecule has 0 bridgehead atoms. The van der Waals surface area contributed by atoms with Crippen molar-refractivity contribution in [2.75, 3.05) is 5.32 Å². The second-order valence-electron chi connectivity index (χ2n) is 6.52. The van der Waals surface area contributed by atoms with Crippen LogP contribution < -0.4 is 15.5 Å². The van der Waals surface area contributed by atoms with E-state index in [1.54, 1.807) is 6.21 Å². The Morgan fingerprint density at radius 2 is 1.62 bits per heavy atom. The smallest absolute Gasteiger partial charge is 0.262 e. The molecule has 148 valence electrons. The summed E-state index contributed by atoms with van der Waals surface area (Å²) in [6, 6.07) is 26.9. The Balaban J connectivity index is 1.58. The zero-order chi connectivity index (χ0) is 20.3. The molecule has 29 heavy (non-hydrogen) atoms. The lowest BCUT2D eigenvalue weighted by atomic mass is 10.2. The number of amides is 1. The number of anilines is 1. The molecule has 0 unspecified atom stereocenters. The number of carbonyl (C=O) groups excluding carboxylic acids is 1. The van der Waals surface area contributed by atoms with E-state index in [-0.39, 0.29) is 11.9 Å². The Kier molecular flexibility index (Phi) is 7.41. The van der Waals surface area contributed by atoms with Crippen molar-refractivity contribution in [2.45, 2.75) is 26.0 Å². The number of hydrogen-bond donors (Lipinski definition) is 2. The van der Waals surface area contributed by atoms with Gasteiger partial charge in [0.1, 0.15) is 18.4 Å². The van der Waals surface area contributed by atoms with E-state index in [4.69, 9.17) is 4.74 Å². The van der Waals surface area contributed by atoms with Crippen molar-refractivity contribution in [3.05, 3.63) is 96.1 Å². The van der Waals surface area contributed by atoms with Crippen LogP contribution in [0.4, 0.5) is 5.69 Å². The summed E-state index contributed by atoms with van der Waals surface area (Å²) in [6.45, 7) is 2.42. The molecule has 0 saturated carbocycles. The topological polar surface area (TPSA) is 62.7 Å². The van der Waals surface area contributed by atoms with Crippen LogP contribution >= 0.6 is 0 Å². The molecule has 2 N–H and O–H groups in total. The number of benzene rings is 3. The van der Waals surface area contributed by atoms with E-state index in [2.05, 4.69) is 15.8 Å². The lowest BCUT2D eigenvalue weighted by molar-refractivity contribution is -0.121. The van der Waals surface area contributed by atoms with Gasteiger partial charge in [-0.3, -0.25) is 4.79 Å². The lowest BCUT2D eigenvalue weighted by Crippen LogP contribution is -2.36. The highest BCUT2D eigenvalue weighted by Gasteiger charge is 2.15. The number of hydrazone groups is 1. The van der Waals surface area contributed by atoms with Crippen molar-refractivity contribution in [1.82, 2.24) is 5.43 Å². The molecule has 5 heteroatoms.